The van der Waals surface area contributed by atoms with E-state index in [9.17, 15) is 9.59 Å². The van der Waals surface area contributed by atoms with Crippen LogP contribution in [0.3, 0.4) is 0 Å². The highest BCUT2D eigenvalue weighted by Crippen LogP contribution is 2.34. The number of ether oxygens (including phenoxy) is 2. The molecule has 0 spiro atoms. The van der Waals surface area contributed by atoms with Gasteiger partial charge in [0.1, 0.15) is 5.60 Å². The van der Waals surface area contributed by atoms with Gasteiger partial charge in [-0.1, -0.05) is 18.2 Å². The molecule has 168 valence electrons. The molecular formula is C25H34N2O4. The lowest BCUT2D eigenvalue weighted by Crippen LogP contribution is -2.41. The van der Waals surface area contributed by atoms with Crippen molar-refractivity contribution in [3.63, 3.8) is 0 Å². The average molecular weight is 427 g/mol. The van der Waals surface area contributed by atoms with Crippen molar-refractivity contribution >= 4 is 23.0 Å². The summed E-state index contributed by atoms with van der Waals surface area (Å²) in [6.07, 6.45) is 5.69. The van der Waals surface area contributed by atoms with E-state index in [1.807, 2.05) is 50.1 Å². The number of hydrogen-bond acceptors (Lipinski definition) is 5. The number of carbonyl (C=O) groups is 2. The van der Waals surface area contributed by atoms with Crippen LogP contribution in [0, 0.1) is 5.92 Å². The van der Waals surface area contributed by atoms with Gasteiger partial charge in [-0.15, -0.1) is 0 Å². The van der Waals surface area contributed by atoms with Gasteiger partial charge in [0.05, 0.1) is 12.6 Å². The minimum absolute atomic E-state index is 0.182. The van der Waals surface area contributed by atoms with E-state index in [1.54, 1.807) is 0 Å². The summed E-state index contributed by atoms with van der Waals surface area (Å²) in [5.74, 6) is 0.542. The Hall–Kier alpha value is -2.63. The number of piperidine rings is 1. The number of amides is 1. The molecule has 1 aromatic heterocycles. The molecule has 1 unspecified atom stereocenters. The normalized spacial score (nSPS) is 16.2. The lowest BCUT2D eigenvalue weighted by Gasteiger charge is -2.34. The van der Waals surface area contributed by atoms with Crippen LogP contribution in [0.1, 0.15) is 64.4 Å². The molecule has 0 radical (unpaired) electrons. The first-order valence-electron chi connectivity index (χ1n) is 11.1. The van der Waals surface area contributed by atoms with Crippen molar-refractivity contribution < 1.29 is 19.1 Å². The van der Waals surface area contributed by atoms with Crippen molar-refractivity contribution in [1.82, 2.24) is 9.88 Å². The third-order valence-electron chi connectivity index (χ3n) is 5.89. The minimum atomic E-state index is -0.476. The highest BCUT2D eigenvalue weighted by Gasteiger charge is 2.28. The second kappa shape index (κ2) is 10.1. The maximum Gasteiger partial charge on any atom is 0.410 e. The fourth-order valence-corrected chi connectivity index (χ4v) is 4.21. The van der Waals surface area contributed by atoms with Gasteiger partial charge in [0.2, 0.25) is 0 Å². The van der Waals surface area contributed by atoms with E-state index in [0.29, 0.717) is 25.4 Å². The molecule has 6 heteroatoms. The molecular weight excluding hydrogens is 392 g/mol. The third kappa shape index (κ3) is 6.68. The molecule has 1 aliphatic heterocycles. The van der Waals surface area contributed by atoms with Crippen molar-refractivity contribution in [3.8, 4) is 0 Å². The number of likely N-dealkylation sites (tertiary alicyclic amines) is 1. The number of hydrogen-bond donors (Lipinski definition) is 0. The number of nitrogens with zero attached hydrogens (tertiary/aromatic N) is 2. The molecule has 1 aliphatic rings. The molecule has 1 aromatic carbocycles. The van der Waals surface area contributed by atoms with Crippen molar-refractivity contribution in [2.75, 3.05) is 20.2 Å². The Morgan fingerprint density at radius 3 is 2.58 bits per heavy atom. The van der Waals surface area contributed by atoms with Gasteiger partial charge in [-0.3, -0.25) is 9.78 Å². The minimum Gasteiger partial charge on any atom is -0.469 e. The molecule has 1 saturated heterocycles. The lowest BCUT2D eigenvalue weighted by atomic mass is 9.82. The summed E-state index contributed by atoms with van der Waals surface area (Å²) in [5.41, 5.74) is 1.66. The first-order chi connectivity index (χ1) is 14.7. The number of pyridine rings is 1. The summed E-state index contributed by atoms with van der Waals surface area (Å²) < 4.78 is 10.4. The Balaban J connectivity index is 1.66. The predicted octanol–water partition coefficient (Wildman–Crippen LogP) is 5.31. The molecule has 6 nitrogen and oxygen atoms in total. The van der Waals surface area contributed by atoms with Crippen molar-refractivity contribution in [1.29, 1.82) is 0 Å². The third-order valence-corrected chi connectivity index (χ3v) is 5.89. The predicted molar refractivity (Wildman–Crippen MR) is 121 cm³/mol. The monoisotopic (exact) mass is 426 g/mol. The number of carbonyl (C=O) groups excluding carboxylic acids is 2. The van der Waals surface area contributed by atoms with Gasteiger partial charge in [-0.05, 0) is 76.0 Å². The van der Waals surface area contributed by atoms with Gasteiger partial charge in [0.25, 0.3) is 0 Å². The molecule has 2 aromatic rings. The zero-order chi connectivity index (χ0) is 22.4. The first kappa shape index (κ1) is 23.0. The molecule has 1 fully saturated rings. The average Bonchev–Trinajstić information content (AvgIpc) is 2.75. The Labute approximate surface area is 184 Å². The first-order valence-corrected chi connectivity index (χ1v) is 11.1. The standard InChI is InChI=1S/C25H34N2O4/c1-25(2,3)31-24(29)27-13-11-18(12-14-27)15-19(9-10-23(28)30-4)21-16-20-7-5-6-8-22(20)26-17-21/h5-8,16-19H,9-15H2,1-4H3. The van der Waals surface area contributed by atoms with Gasteiger partial charge in [0, 0.05) is 31.1 Å². The van der Waals surface area contributed by atoms with Crippen molar-refractivity contribution in [3.05, 3.63) is 42.1 Å². The van der Waals surface area contributed by atoms with Crippen LogP contribution in [-0.2, 0) is 14.3 Å². The van der Waals surface area contributed by atoms with Crippen molar-refractivity contribution in [2.45, 2.75) is 64.4 Å². The second-order valence-electron chi connectivity index (χ2n) is 9.42. The van der Waals surface area contributed by atoms with Crippen molar-refractivity contribution in [2.24, 2.45) is 5.92 Å². The van der Waals surface area contributed by atoms with E-state index < -0.39 is 5.60 Å². The fraction of sp³-hybridized carbons (Fsp3) is 0.560. The second-order valence-corrected chi connectivity index (χ2v) is 9.42. The largest absolute Gasteiger partial charge is 0.469 e. The SMILES string of the molecule is COC(=O)CCC(CC1CCN(C(=O)OC(C)(C)C)CC1)c1cnc2ccccc2c1. The Morgan fingerprint density at radius 2 is 1.90 bits per heavy atom. The van der Waals surface area contributed by atoms with E-state index in [-0.39, 0.29) is 18.0 Å². The number of fused-ring (bicyclic) bond motifs is 1. The van der Waals surface area contributed by atoms with Gasteiger partial charge < -0.3 is 14.4 Å². The molecule has 0 aliphatic carbocycles. The molecule has 0 saturated carbocycles. The summed E-state index contributed by atoms with van der Waals surface area (Å²) in [5, 5.41) is 1.11. The molecule has 0 N–H and O–H groups in total. The van der Waals surface area contributed by atoms with E-state index >= 15 is 0 Å². The quantitative estimate of drug-likeness (QED) is 0.586. The Kier molecular flexibility index (Phi) is 7.52. The molecule has 1 amide bonds. The van der Waals surface area contributed by atoms with Gasteiger partial charge >= 0.3 is 12.1 Å². The van der Waals surface area contributed by atoms with Gasteiger partial charge in [-0.2, -0.15) is 0 Å². The van der Waals surface area contributed by atoms with E-state index in [4.69, 9.17) is 9.47 Å². The molecule has 1 atom stereocenters. The molecule has 2 heterocycles. The van der Waals surface area contributed by atoms with Crippen LogP contribution in [0.5, 0.6) is 0 Å². The van der Waals surface area contributed by atoms with E-state index in [0.717, 1.165) is 42.1 Å². The highest BCUT2D eigenvalue weighted by molar-refractivity contribution is 5.79. The molecule has 3 rings (SSSR count). The maximum atomic E-state index is 12.3. The zero-order valence-electron chi connectivity index (χ0n) is 19.1. The molecule has 31 heavy (non-hydrogen) atoms. The smallest absolute Gasteiger partial charge is 0.410 e. The zero-order valence-corrected chi connectivity index (χ0v) is 19.1. The number of para-hydroxylation sites is 1. The number of rotatable bonds is 6. The van der Waals surface area contributed by atoms with Crippen LogP contribution in [0.25, 0.3) is 10.9 Å². The summed E-state index contributed by atoms with van der Waals surface area (Å²) in [6.45, 7) is 7.09. The summed E-state index contributed by atoms with van der Waals surface area (Å²) in [6, 6.07) is 10.3. The van der Waals surface area contributed by atoms with Crippen LogP contribution in [0.2, 0.25) is 0 Å². The Morgan fingerprint density at radius 1 is 1.19 bits per heavy atom. The summed E-state index contributed by atoms with van der Waals surface area (Å²) in [7, 11) is 1.43. The molecule has 0 bridgehead atoms. The lowest BCUT2D eigenvalue weighted by molar-refractivity contribution is -0.140. The highest BCUT2D eigenvalue weighted by atomic mass is 16.6. The fourth-order valence-electron chi connectivity index (χ4n) is 4.21. The van der Waals surface area contributed by atoms with Crippen LogP contribution in [-0.4, -0.2) is 47.7 Å². The van der Waals surface area contributed by atoms with Crippen LogP contribution in [0.4, 0.5) is 4.79 Å². The number of methoxy groups -OCH3 is 1. The Bertz CT molecular complexity index is 898. The summed E-state index contributed by atoms with van der Waals surface area (Å²) >= 11 is 0. The maximum absolute atomic E-state index is 12.3. The number of aromatic nitrogens is 1. The van der Waals surface area contributed by atoms with E-state index in [2.05, 4.69) is 17.1 Å². The topological polar surface area (TPSA) is 68.7 Å². The van der Waals surface area contributed by atoms with E-state index in [1.165, 1.54) is 7.11 Å². The van der Waals surface area contributed by atoms with Crippen LogP contribution < -0.4 is 0 Å². The van der Waals surface area contributed by atoms with Crippen LogP contribution >= 0.6 is 0 Å². The summed E-state index contributed by atoms with van der Waals surface area (Å²) in [4.78, 5) is 30.6. The van der Waals surface area contributed by atoms with Gasteiger partial charge in [-0.25, -0.2) is 4.79 Å². The number of esters is 1. The van der Waals surface area contributed by atoms with Crippen LogP contribution in [0.15, 0.2) is 36.5 Å². The van der Waals surface area contributed by atoms with Gasteiger partial charge in [0.15, 0.2) is 0 Å². The number of benzene rings is 1.